The second-order valence-electron chi connectivity index (χ2n) is 5.56. The summed E-state index contributed by atoms with van der Waals surface area (Å²) >= 11 is 0. The van der Waals surface area contributed by atoms with Crippen LogP contribution in [0.15, 0.2) is 0 Å². The minimum absolute atomic E-state index is 0.769. The normalized spacial score (nSPS) is 12.8. The molecule has 0 atom stereocenters. The minimum atomic E-state index is 0.769. The van der Waals surface area contributed by atoms with Crippen molar-refractivity contribution in [2.24, 2.45) is 17.8 Å². The standard InChI is InChI=1S/C14H31N/c1-8-13(9-2)15(7)10-14(11(3)4)12(5)6/h11-14H,8-10H2,1-7H3. The highest BCUT2D eigenvalue weighted by Crippen LogP contribution is 2.22. The van der Waals surface area contributed by atoms with E-state index in [1.54, 1.807) is 0 Å². The molecule has 0 saturated carbocycles. The summed E-state index contributed by atoms with van der Waals surface area (Å²) in [5.74, 6) is 2.42. The maximum atomic E-state index is 2.56. The first-order valence-electron chi connectivity index (χ1n) is 6.64. The fourth-order valence-corrected chi connectivity index (χ4v) is 2.59. The summed E-state index contributed by atoms with van der Waals surface area (Å²) in [6.07, 6.45) is 2.55. The molecule has 0 amide bonds. The Hall–Kier alpha value is -0.0400. The van der Waals surface area contributed by atoms with Crippen molar-refractivity contribution in [3.8, 4) is 0 Å². The molecule has 0 unspecified atom stereocenters. The smallest absolute Gasteiger partial charge is 0.00870 e. The maximum Gasteiger partial charge on any atom is 0.00870 e. The molecule has 0 aliphatic heterocycles. The fraction of sp³-hybridized carbons (Fsp3) is 1.00. The fourth-order valence-electron chi connectivity index (χ4n) is 2.59. The van der Waals surface area contributed by atoms with Gasteiger partial charge in [0.25, 0.3) is 0 Å². The van der Waals surface area contributed by atoms with E-state index in [9.17, 15) is 0 Å². The predicted octanol–water partition coefficient (Wildman–Crippen LogP) is 4.04. The van der Waals surface area contributed by atoms with Crippen LogP contribution >= 0.6 is 0 Å². The molecule has 0 aliphatic rings. The lowest BCUT2D eigenvalue weighted by Gasteiger charge is -2.34. The average molecular weight is 213 g/mol. The van der Waals surface area contributed by atoms with Crippen molar-refractivity contribution in [2.75, 3.05) is 13.6 Å². The van der Waals surface area contributed by atoms with Gasteiger partial charge in [-0.05, 0) is 37.6 Å². The van der Waals surface area contributed by atoms with E-state index < -0.39 is 0 Å². The van der Waals surface area contributed by atoms with Gasteiger partial charge < -0.3 is 4.90 Å². The van der Waals surface area contributed by atoms with E-state index in [0.717, 1.165) is 23.8 Å². The molecule has 1 heteroatoms. The molecule has 0 aromatic rings. The Balaban J connectivity index is 4.27. The van der Waals surface area contributed by atoms with Crippen LogP contribution in [0.4, 0.5) is 0 Å². The van der Waals surface area contributed by atoms with Crippen LogP contribution in [0.3, 0.4) is 0 Å². The van der Waals surface area contributed by atoms with Gasteiger partial charge in [0, 0.05) is 12.6 Å². The number of nitrogens with zero attached hydrogens (tertiary/aromatic N) is 1. The molecule has 1 nitrogen and oxygen atoms in total. The number of hydrogen-bond acceptors (Lipinski definition) is 1. The monoisotopic (exact) mass is 213 g/mol. The minimum Gasteiger partial charge on any atom is -0.303 e. The largest absolute Gasteiger partial charge is 0.303 e. The summed E-state index contributed by atoms with van der Waals surface area (Å²) in [4.78, 5) is 2.56. The topological polar surface area (TPSA) is 3.24 Å². The molecule has 0 radical (unpaired) electrons. The van der Waals surface area contributed by atoms with Gasteiger partial charge in [-0.25, -0.2) is 0 Å². The van der Waals surface area contributed by atoms with Gasteiger partial charge in [-0.3, -0.25) is 0 Å². The first-order chi connectivity index (χ1) is 6.93. The Morgan fingerprint density at radius 1 is 0.867 bits per heavy atom. The molecule has 92 valence electrons. The molecule has 0 aliphatic carbocycles. The van der Waals surface area contributed by atoms with Gasteiger partial charge in [0.1, 0.15) is 0 Å². The Labute approximate surface area is 97.2 Å². The lowest BCUT2D eigenvalue weighted by Crippen LogP contribution is -2.38. The van der Waals surface area contributed by atoms with Gasteiger partial charge in [0.05, 0.1) is 0 Å². The van der Waals surface area contributed by atoms with Crippen LogP contribution in [0.1, 0.15) is 54.4 Å². The molecule has 0 bridgehead atoms. The Morgan fingerprint density at radius 3 is 1.53 bits per heavy atom. The quantitative estimate of drug-likeness (QED) is 0.617. The van der Waals surface area contributed by atoms with Crippen molar-refractivity contribution in [1.29, 1.82) is 0 Å². The van der Waals surface area contributed by atoms with Crippen LogP contribution in [0, 0.1) is 17.8 Å². The highest BCUT2D eigenvalue weighted by molar-refractivity contribution is 4.74. The lowest BCUT2D eigenvalue weighted by atomic mass is 9.85. The third-order valence-corrected chi connectivity index (χ3v) is 3.78. The first kappa shape index (κ1) is 15.0. The van der Waals surface area contributed by atoms with E-state index in [-0.39, 0.29) is 0 Å². The van der Waals surface area contributed by atoms with Crippen LogP contribution in [-0.4, -0.2) is 24.5 Å². The van der Waals surface area contributed by atoms with E-state index in [4.69, 9.17) is 0 Å². The summed E-state index contributed by atoms with van der Waals surface area (Å²) < 4.78 is 0. The summed E-state index contributed by atoms with van der Waals surface area (Å²) in [6.45, 7) is 15.3. The summed E-state index contributed by atoms with van der Waals surface area (Å²) in [7, 11) is 2.29. The Kier molecular flexibility index (Phi) is 7.25. The third kappa shape index (κ3) is 5.01. The van der Waals surface area contributed by atoms with Gasteiger partial charge in [-0.2, -0.15) is 0 Å². The molecule has 0 N–H and O–H groups in total. The molecule has 0 aromatic heterocycles. The van der Waals surface area contributed by atoms with Gasteiger partial charge in [0.15, 0.2) is 0 Å². The van der Waals surface area contributed by atoms with Crippen molar-refractivity contribution >= 4 is 0 Å². The number of hydrogen-bond donors (Lipinski definition) is 0. The molecule has 0 heterocycles. The van der Waals surface area contributed by atoms with Crippen LogP contribution < -0.4 is 0 Å². The second-order valence-corrected chi connectivity index (χ2v) is 5.56. The zero-order chi connectivity index (χ0) is 12.0. The lowest BCUT2D eigenvalue weighted by molar-refractivity contribution is 0.146. The molecule has 0 aromatic carbocycles. The summed E-state index contributed by atoms with van der Waals surface area (Å²) in [5.41, 5.74) is 0. The van der Waals surface area contributed by atoms with Crippen LogP contribution in [-0.2, 0) is 0 Å². The average Bonchev–Trinajstić information content (AvgIpc) is 2.15. The van der Waals surface area contributed by atoms with E-state index in [0.29, 0.717) is 0 Å². The van der Waals surface area contributed by atoms with Gasteiger partial charge >= 0.3 is 0 Å². The first-order valence-corrected chi connectivity index (χ1v) is 6.64. The molecule has 0 fully saturated rings. The van der Waals surface area contributed by atoms with Crippen LogP contribution in [0.2, 0.25) is 0 Å². The summed E-state index contributed by atoms with van der Waals surface area (Å²) in [5, 5.41) is 0. The van der Waals surface area contributed by atoms with Crippen LogP contribution in [0.25, 0.3) is 0 Å². The van der Waals surface area contributed by atoms with Crippen LogP contribution in [0.5, 0.6) is 0 Å². The van der Waals surface area contributed by atoms with Crippen molar-refractivity contribution in [3.05, 3.63) is 0 Å². The highest BCUT2D eigenvalue weighted by atomic mass is 15.1. The Bertz CT molecular complexity index is 139. The van der Waals surface area contributed by atoms with Gasteiger partial charge in [0.2, 0.25) is 0 Å². The summed E-state index contributed by atoms with van der Waals surface area (Å²) in [6, 6.07) is 0.769. The predicted molar refractivity (Wildman–Crippen MR) is 70.2 cm³/mol. The van der Waals surface area contributed by atoms with Gasteiger partial charge in [-0.15, -0.1) is 0 Å². The third-order valence-electron chi connectivity index (χ3n) is 3.78. The Morgan fingerprint density at radius 2 is 1.27 bits per heavy atom. The van der Waals surface area contributed by atoms with Crippen molar-refractivity contribution in [2.45, 2.75) is 60.4 Å². The molecule has 0 rings (SSSR count). The number of rotatable bonds is 7. The van der Waals surface area contributed by atoms with E-state index in [2.05, 4.69) is 53.5 Å². The second kappa shape index (κ2) is 7.27. The SMILES string of the molecule is CCC(CC)N(C)CC(C(C)C)C(C)C. The zero-order valence-electron chi connectivity index (χ0n) is 11.9. The van der Waals surface area contributed by atoms with Crippen molar-refractivity contribution < 1.29 is 0 Å². The van der Waals surface area contributed by atoms with Crippen molar-refractivity contribution in [3.63, 3.8) is 0 Å². The van der Waals surface area contributed by atoms with E-state index in [1.165, 1.54) is 19.4 Å². The zero-order valence-corrected chi connectivity index (χ0v) is 11.9. The molecule has 0 spiro atoms. The maximum absolute atomic E-state index is 2.56. The highest BCUT2D eigenvalue weighted by Gasteiger charge is 2.21. The van der Waals surface area contributed by atoms with E-state index >= 15 is 0 Å². The molecular weight excluding hydrogens is 182 g/mol. The molecule has 15 heavy (non-hydrogen) atoms. The van der Waals surface area contributed by atoms with Crippen molar-refractivity contribution in [1.82, 2.24) is 4.90 Å². The van der Waals surface area contributed by atoms with Gasteiger partial charge in [-0.1, -0.05) is 41.5 Å². The molecular formula is C14H31N. The van der Waals surface area contributed by atoms with E-state index in [1.807, 2.05) is 0 Å². The molecule has 0 saturated heterocycles.